The molecule has 0 aromatic heterocycles. The number of phenolic OH excluding ortho intramolecular Hbond substituents is 1. The van der Waals surface area contributed by atoms with Crippen molar-refractivity contribution < 1.29 is 9.50 Å². The lowest BCUT2D eigenvalue weighted by Gasteiger charge is -2.32. The fraction of sp³-hybridized carbons (Fsp3) is 0.500. The second-order valence-corrected chi connectivity index (χ2v) is 4.34. The smallest absolute Gasteiger partial charge is 0.165 e. The second-order valence-electron chi connectivity index (χ2n) is 4.34. The van der Waals surface area contributed by atoms with Crippen molar-refractivity contribution in [2.45, 2.75) is 32.2 Å². The average molecular weight is 246 g/mol. The predicted molar refractivity (Wildman–Crippen MR) is 64.3 cm³/mol. The Labute approximate surface area is 101 Å². The number of benzene rings is 1. The zero-order chi connectivity index (χ0) is 11.0. The standard InChI is InChI=1S/C12H16FNO.ClH/c1-7-5-6-9(13)12(15)10(7)11(14)8-3-2-4-8;/h5-6,8,11,15H,2-4,14H2,1H3;1H/t11-;/m0./s1. The molecule has 1 fully saturated rings. The van der Waals surface area contributed by atoms with Crippen LogP contribution >= 0.6 is 12.4 Å². The van der Waals surface area contributed by atoms with Crippen LogP contribution in [0.15, 0.2) is 12.1 Å². The van der Waals surface area contributed by atoms with Gasteiger partial charge in [-0.1, -0.05) is 12.5 Å². The van der Waals surface area contributed by atoms with E-state index in [1.54, 1.807) is 6.07 Å². The lowest BCUT2D eigenvalue weighted by atomic mass is 9.76. The molecule has 1 aromatic rings. The van der Waals surface area contributed by atoms with E-state index in [-0.39, 0.29) is 24.2 Å². The largest absolute Gasteiger partial charge is 0.505 e. The van der Waals surface area contributed by atoms with Gasteiger partial charge in [-0.2, -0.15) is 0 Å². The van der Waals surface area contributed by atoms with Crippen LogP contribution in [0.3, 0.4) is 0 Å². The number of hydrogen-bond donors (Lipinski definition) is 2. The van der Waals surface area contributed by atoms with E-state index in [9.17, 15) is 9.50 Å². The molecule has 2 nitrogen and oxygen atoms in total. The van der Waals surface area contributed by atoms with E-state index < -0.39 is 5.82 Å². The number of halogens is 2. The van der Waals surface area contributed by atoms with E-state index in [4.69, 9.17) is 5.73 Å². The second kappa shape index (κ2) is 5.02. The summed E-state index contributed by atoms with van der Waals surface area (Å²) in [6, 6.07) is 2.72. The van der Waals surface area contributed by atoms with Crippen molar-refractivity contribution in [3.63, 3.8) is 0 Å². The molecule has 90 valence electrons. The van der Waals surface area contributed by atoms with Gasteiger partial charge >= 0.3 is 0 Å². The Morgan fingerprint density at radius 3 is 2.56 bits per heavy atom. The highest BCUT2D eigenvalue weighted by atomic mass is 35.5. The Kier molecular flexibility index (Phi) is 4.16. The van der Waals surface area contributed by atoms with Crippen LogP contribution in [0.2, 0.25) is 0 Å². The SMILES string of the molecule is Cc1ccc(F)c(O)c1[C@@H](N)C1CCC1.Cl. The van der Waals surface area contributed by atoms with Crippen LogP contribution in [-0.4, -0.2) is 5.11 Å². The molecule has 0 saturated heterocycles. The first kappa shape index (κ1) is 13.3. The maximum Gasteiger partial charge on any atom is 0.165 e. The molecule has 1 aliphatic carbocycles. The molecule has 0 bridgehead atoms. The summed E-state index contributed by atoms with van der Waals surface area (Å²) in [5.41, 5.74) is 7.50. The maximum atomic E-state index is 13.2. The van der Waals surface area contributed by atoms with Gasteiger partial charge in [0, 0.05) is 11.6 Å². The molecule has 0 amide bonds. The van der Waals surface area contributed by atoms with Crippen LogP contribution < -0.4 is 5.73 Å². The minimum atomic E-state index is -0.578. The van der Waals surface area contributed by atoms with Gasteiger partial charge in [0.15, 0.2) is 11.6 Å². The monoisotopic (exact) mass is 245 g/mol. The van der Waals surface area contributed by atoms with Gasteiger partial charge in [-0.05, 0) is 37.3 Å². The van der Waals surface area contributed by atoms with Crippen LogP contribution in [0.25, 0.3) is 0 Å². The molecule has 1 aromatic carbocycles. The first-order valence-electron chi connectivity index (χ1n) is 5.35. The molecule has 0 aliphatic heterocycles. The van der Waals surface area contributed by atoms with Crippen LogP contribution in [-0.2, 0) is 0 Å². The number of aryl methyl sites for hydroxylation is 1. The van der Waals surface area contributed by atoms with Gasteiger partial charge in [-0.25, -0.2) is 4.39 Å². The zero-order valence-corrected chi connectivity index (χ0v) is 10.1. The highest BCUT2D eigenvalue weighted by molar-refractivity contribution is 5.85. The zero-order valence-electron chi connectivity index (χ0n) is 9.24. The van der Waals surface area contributed by atoms with E-state index in [1.165, 1.54) is 12.5 Å². The normalized spacial score (nSPS) is 17.4. The fourth-order valence-electron chi connectivity index (χ4n) is 2.14. The van der Waals surface area contributed by atoms with E-state index in [2.05, 4.69) is 0 Å². The number of hydrogen-bond acceptors (Lipinski definition) is 2. The number of rotatable bonds is 2. The van der Waals surface area contributed by atoms with Crippen molar-refractivity contribution in [3.05, 3.63) is 29.1 Å². The van der Waals surface area contributed by atoms with Crippen molar-refractivity contribution in [1.82, 2.24) is 0 Å². The van der Waals surface area contributed by atoms with Crippen LogP contribution in [0.4, 0.5) is 4.39 Å². The van der Waals surface area contributed by atoms with Gasteiger partial charge in [0.1, 0.15) is 0 Å². The topological polar surface area (TPSA) is 46.2 Å². The summed E-state index contributed by atoms with van der Waals surface area (Å²) in [6.45, 7) is 1.85. The van der Waals surface area contributed by atoms with E-state index in [0.29, 0.717) is 11.5 Å². The fourth-order valence-corrected chi connectivity index (χ4v) is 2.14. The summed E-state index contributed by atoms with van der Waals surface area (Å²) in [4.78, 5) is 0. The molecular formula is C12H17ClFNO. The van der Waals surface area contributed by atoms with Crippen LogP contribution in [0.1, 0.15) is 36.4 Å². The van der Waals surface area contributed by atoms with Crippen LogP contribution in [0.5, 0.6) is 5.75 Å². The maximum absolute atomic E-state index is 13.2. The van der Waals surface area contributed by atoms with Gasteiger partial charge in [-0.3, -0.25) is 0 Å². The highest BCUT2D eigenvalue weighted by Crippen LogP contribution is 2.40. The molecule has 4 heteroatoms. The van der Waals surface area contributed by atoms with Gasteiger partial charge in [-0.15, -0.1) is 12.4 Å². The van der Waals surface area contributed by atoms with Gasteiger partial charge in [0.25, 0.3) is 0 Å². The lowest BCUT2D eigenvalue weighted by molar-refractivity contribution is 0.258. The Morgan fingerprint density at radius 1 is 1.44 bits per heavy atom. The summed E-state index contributed by atoms with van der Waals surface area (Å²) < 4.78 is 13.2. The summed E-state index contributed by atoms with van der Waals surface area (Å²) in [5.74, 6) is -0.448. The van der Waals surface area contributed by atoms with E-state index in [0.717, 1.165) is 18.4 Å². The minimum Gasteiger partial charge on any atom is -0.505 e. The molecule has 1 saturated carbocycles. The van der Waals surface area contributed by atoms with Crippen molar-refractivity contribution in [2.75, 3.05) is 0 Å². The predicted octanol–water partition coefficient (Wildman–Crippen LogP) is 3.06. The third kappa shape index (κ3) is 2.15. The molecule has 0 radical (unpaired) electrons. The quantitative estimate of drug-likeness (QED) is 0.841. The number of nitrogens with two attached hydrogens (primary N) is 1. The minimum absolute atomic E-state index is 0. The Balaban J connectivity index is 0.00000128. The van der Waals surface area contributed by atoms with Crippen molar-refractivity contribution >= 4 is 12.4 Å². The molecule has 3 N–H and O–H groups in total. The first-order chi connectivity index (χ1) is 7.11. The number of aromatic hydroxyl groups is 1. The van der Waals surface area contributed by atoms with Crippen LogP contribution in [0, 0.1) is 18.7 Å². The number of phenols is 1. The average Bonchev–Trinajstić information content (AvgIpc) is 2.09. The van der Waals surface area contributed by atoms with Crippen molar-refractivity contribution in [1.29, 1.82) is 0 Å². The summed E-state index contributed by atoms with van der Waals surface area (Å²) >= 11 is 0. The van der Waals surface area contributed by atoms with E-state index >= 15 is 0 Å². The summed E-state index contributed by atoms with van der Waals surface area (Å²) in [7, 11) is 0. The lowest BCUT2D eigenvalue weighted by Crippen LogP contribution is -2.27. The molecule has 16 heavy (non-hydrogen) atoms. The molecular weight excluding hydrogens is 229 g/mol. The molecule has 0 unspecified atom stereocenters. The summed E-state index contributed by atoms with van der Waals surface area (Å²) in [6.07, 6.45) is 3.35. The Bertz CT molecular complexity index is 380. The molecule has 1 atom stereocenters. The van der Waals surface area contributed by atoms with Gasteiger partial charge in [0.2, 0.25) is 0 Å². The molecule has 0 heterocycles. The third-order valence-corrected chi connectivity index (χ3v) is 3.38. The van der Waals surface area contributed by atoms with Gasteiger partial charge < -0.3 is 10.8 Å². The Morgan fingerprint density at radius 2 is 2.06 bits per heavy atom. The third-order valence-electron chi connectivity index (χ3n) is 3.38. The van der Waals surface area contributed by atoms with Gasteiger partial charge in [0.05, 0.1) is 0 Å². The van der Waals surface area contributed by atoms with Crippen molar-refractivity contribution in [2.24, 2.45) is 11.7 Å². The summed E-state index contributed by atoms with van der Waals surface area (Å²) in [5, 5.41) is 9.66. The van der Waals surface area contributed by atoms with Crippen molar-refractivity contribution in [3.8, 4) is 5.75 Å². The van der Waals surface area contributed by atoms with E-state index in [1.807, 2.05) is 6.92 Å². The molecule has 0 spiro atoms. The molecule has 2 rings (SSSR count). The highest BCUT2D eigenvalue weighted by Gasteiger charge is 2.29. The molecule has 1 aliphatic rings. The Hall–Kier alpha value is -0.800. The first-order valence-corrected chi connectivity index (χ1v) is 5.35.